The quantitative estimate of drug-likeness (QED) is 0.113. The van der Waals surface area contributed by atoms with Crippen molar-refractivity contribution in [2.45, 2.75) is 62.9 Å². The van der Waals surface area contributed by atoms with E-state index >= 15 is 0 Å². The molecule has 0 spiro atoms. The van der Waals surface area contributed by atoms with Crippen LogP contribution in [0.2, 0.25) is 6.32 Å². The summed E-state index contributed by atoms with van der Waals surface area (Å²) in [4.78, 5) is 4.60. The first-order valence-corrected chi connectivity index (χ1v) is 11.1. The van der Waals surface area contributed by atoms with E-state index in [1.54, 1.807) is 0 Å². The number of nitrogens with one attached hydrogen (secondary N) is 1. The van der Waals surface area contributed by atoms with E-state index in [0.717, 1.165) is 41.7 Å². The van der Waals surface area contributed by atoms with E-state index in [1.807, 2.05) is 24.3 Å². The highest BCUT2D eigenvalue weighted by molar-refractivity contribution is 6.40. The number of nitrogens with two attached hydrogens (primary N) is 1. The van der Waals surface area contributed by atoms with E-state index < -0.39 is 24.6 Å². The Morgan fingerprint density at radius 1 is 0.970 bits per heavy atom. The summed E-state index contributed by atoms with van der Waals surface area (Å²) >= 11 is 0. The number of rotatable bonds is 11. The zero-order valence-corrected chi connectivity index (χ0v) is 18.3. The maximum absolute atomic E-state index is 12.7. The van der Waals surface area contributed by atoms with Gasteiger partial charge in [0.05, 0.1) is 5.56 Å². The average molecular weight is 466 g/mol. The van der Waals surface area contributed by atoms with Gasteiger partial charge < -0.3 is 21.1 Å². The Labute approximate surface area is 191 Å². The van der Waals surface area contributed by atoms with Crippen molar-refractivity contribution in [2.24, 2.45) is 11.7 Å². The van der Waals surface area contributed by atoms with Crippen LogP contribution >= 0.6 is 0 Å². The van der Waals surface area contributed by atoms with Crippen LogP contribution in [-0.2, 0) is 17.6 Å². The molecule has 1 unspecified atom stereocenters. The highest BCUT2D eigenvalue weighted by atomic mass is 19.4. The van der Waals surface area contributed by atoms with Gasteiger partial charge in [0.1, 0.15) is 0 Å². The van der Waals surface area contributed by atoms with Gasteiger partial charge in [-0.2, -0.15) is 13.2 Å². The van der Waals surface area contributed by atoms with Crippen molar-refractivity contribution in [3.63, 3.8) is 0 Å². The molecule has 0 aromatic heterocycles. The molecule has 33 heavy (non-hydrogen) atoms. The third kappa shape index (κ3) is 7.02. The minimum Gasteiger partial charge on any atom is -0.427 e. The summed E-state index contributed by atoms with van der Waals surface area (Å²) in [6, 6.07) is 13.0. The minimum atomic E-state index is -4.34. The predicted octanol–water partition coefficient (Wildman–Crippen LogP) is 4.03. The lowest BCUT2D eigenvalue weighted by molar-refractivity contribution is -0.346. The molecule has 0 heterocycles. The smallest absolute Gasteiger partial charge is 0.427 e. The molecule has 0 radical (unpaired) electrons. The monoisotopic (exact) mass is 466 g/mol. The van der Waals surface area contributed by atoms with E-state index in [2.05, 4.69) is 10.2 Å². The number of hydrogen-bond acceptors (Lipinski definition) is 6. The van der Waals surface area contributed by atoms with Gasteiger partial charge in [-0.15, -0.1) is 0 Å². The summed E-state index contributed by atoms with van der Waals surface area (Å²) in [5.74, 6) is 0.00101. The number of unbranched alkanes of at least 4 members (excludes halogenated alkanes) is 1. The molecule has 1 aliphatic rings. The van der Waals surface area contributed by atoms with Gasteiger partial charge in [0, 0.05) is 18.5 Å². The molecule has 2 aromatic carbocycles. The van der Waals surface area contributed by atoms with Crippen molar-refractivity contribution in [3.05, 3.63) is 59.7 Å². The van der Waals surface area contributed by atoms with Crippen LogP contribution in [0.3, 0.4) is 0 Å². The minimum absolute atomic E-state index is 0.00101. The van der Waals surface area contributed by atoms with Crippen molar-refractivity contribution >= 4 is 7.12 Å². The van der Waals surface area contributed by atoms with Crippen LogP contribution in [0.4, 0.5) is 13.2 Å². The molecule has 0 bridgehead atoms. The van der Waals surface area contributed by atoms with E-state index in [9.17, 15) is 18.4 Å². The summed E-state index contributed by atoms with van der Waals surface area (Å²) in [5, 5.41) is 30.5. The van der Waals surface area contributed by atoms with Gasteiger partial charge in [-0.1, -0.05) is 42.8 Å². The van der Waals surface area contributed by atoms with Crippen LogP contribution in [0.5, 0.6) is 0 Å². The number of hydrogen-bond donors (Lipinski definition) is 5. The lowest BCUT2D eigenvalue weighted by atomic mass is 9.71. The van der Waals surface area contributed by atoms with Gasteiger partial charge in [-0.25, -0.2) is 10.1 Å². The number of benzene rings is 2. The van der Waals surface area contributed by atoms with Crippen LogP contribution in [-0.4, -0.2) is 34.2 Å². The Hall–Kier alpha value is -1.95. The highest BCUT2D eigenvalue weighted by Crippen LogP contribution is 2.38. The second-order valence-electron chi connectivity index (χ2n) is 8.79. The predicted molar refractivity (Wildman–Crippen MR) is 120 cm³/mol. The Kier molecular flexibility index (Phi) is 8.55. The van der Waals surface area contributed by atoms with Crippen molar-refractivity contribution in [2.75, 3.05) is 0 Å². The van der Waals surface area contributed by atoms with Crippen molar-refractivity contribution in [3.8, 4) is 11.1 Å². The zero-order chi connectivity index (χ0) is 24.1. The van der Waals surface area contributed by atoms with Crippen molar-refractivity contribution in [1.82, 2.24) is 5.32 Å². The van der Waals surface area contributed by atoms with Gasteiger partial charge in [-0.3, -0.25) is 0 Å². The van der Waals surface area contributed by atoms with Gasteiger partial charge >= 0.3 is 13.3 Å². The van der Waals surface area contributed by atoms with E-state index in [4.69, 9.17) is 15.8 Å². The normalized spacial score (nSPS) is 20.2. The Morgan fingerprint density at radius 3 is 2.06 bits per heavy atom. The lowest BCUT2D eigenvalue weighted by Crippen LogP contribution is -2.57. The SMILES string of the molecule is NC(CCCCB(O)O)(OO)C1CC(NCc2ccc(-c3ccc(C(F)(F)F)cc3)cc2)C1. The third-order valence-corrected chi connectivity index (χ3v) is 6.37. The zero-order valence-electron chi connectivity index (χ0n) is 18.3. The van der Waals surface area contributed by atoms with Gasteiger partial charge in [0.25, 0.3) is 0 Å². The Bertz CT molecular complexity index is 875. The Balaban J connectivity index is 1.44. The molecule has 2 aromatic rings. The van der Waals surface area contributed by atoms with Crippen LogP contribution in [0.1, 0.15) is 43.2 Å². The molecule has 10 heteroatoms. The molecule has 1 saturated carbocycles. The largest absolute Gasteiger partial charge is 0.451 e. The van der Waals surface area contributed by atoms with Gasteiger partial charge in [0.2, 0.25) is 0 Å². The second kappa shape index (κ2) is 11.0. The second-order valence-corrected chi connectivity index (χ2v) is 8.79. The maximum atomic E-state index is 12.7. The summed E-state index contributed by atoms with van der Waals surface area (Å²) in [6.07, 6.45) is -0.948. The summed E-state index contributed by atoms with van der Waals surface area (Å²) in [6.45, 7) is 0.636. The summed E-state index contributed by atoms with van der Waals surface area (Å²) in [5.41, 5.74) is 7.02. The van der Waals surface area contributed by atoms with E-state index in [-0.39, 0.29) is 18.3 Å². The molecule has 6 N–H and O–H groups in total. The van der Waals surface area contributed by atoms with E-state index in [1.165, 1.54) is 12.1 Å². The molecule has 0 aliphatic heterocycles. The lowest BCUT2D eigenvalue weighted by Gasteiger charge is -2.45. The molecule has 3 rings (SSSR count). The molecule has 0 amide bonds. The standard InChI is InChI=1S/C23H30BF3N2O4/c25-23(26,27)19-9-7-18(8-10-19)17-5-3-16(4-6-17)15-29-21-13-20(14-21)22(28,33-32)11-1-2-12-24(30)31/h3-10,20-21,29-32H,1-2,11-15,28H2. The molecular formula is C23H30BF3N2O4. The molecule has 6 nitrogen and oxygen atoms in total. The van der Waals surface area contributed by atoms with Crippen molar-refractivity contribution in [1.29, 1.82) is 0 Å². The summed E-state index contributed by atoms with van der Waals surface area (Å²) in [7, 11) is -1.34. The van der Waals surface area contributed by atoms with Crippen LogP contribution in [0.25, 0.3) is 11.1 Å². The molecular weight excluding hydrogens is 436 g/mol. The molecule has 1 fully saturated rings. The fourth-order valence-corrected chi connectivity index (χ4v) is 4.16. The van der Waals surface area contributed by atoms with Gasteiger partial charge in [0.15, 0.2) is 5.72 Å². The molecule has 0 saturated heterocycles. The molecule has 1 aliphatic carbocycles. The molecule has 180 valence electrons. The van der Waals surface area contributed by atoms with Crippen LogP contribution in [0, 0.1) is 5.92 Å². The number of halogens is 3. The van der Waals surface area contributed by atoms with Crippen molar-refractivity contribution < 1.29 is 33.4 Å². The first-order valence-electron chi connectivity index (χ1n) is 11.1. The molecule has 1 atom stereocenters. The summed E-state index contributed by atoms with van der Waals surface area (Å²) < 4.78 is 38.1. The Morgan fingerprint density at radius 2 is 1.55 bits per heavy atom. The van der Waals surface area contributed by atoms with E-state index in [0.29, 0.717) is 25.8 Å². The first-order chi connectivity index (χ1) is 15.6. The fourth-order valence-electron chi connectivity index (χ4n) is 4.16. The fraction of sp³-hybridized carbons (Fsp3) is 0.478. The maximum Gasteiger partial charge on any atom is 0.451 e. The topological polar surface area (TPSA) is 108 Å². The van der Waals surface area contributed by atoms with Crippen LogP contribution in [0.15, 0.2) is 48.5 Å². The average Bonchev–Trinajstić information content (AvgIpc) is 2.75. The third-order valence-electron chi connectivity index (χ3n) is 6.37. The number of alkyl halides is 3. The highest BCUT2D eigenvalue weighted by Gasteiger charge is 2.44. The first kappa shape index (κ1) is 25.7. The van der Waals surface area contributed by atoms with Gasteiger partial charge in [-0.05, 0) is 60.8 Å². The van der Waals surface area contributed by atoms with Crippen LogP contribution < -0.4 is 11.1 Å².